The lowest BCUT2D eigenvalue weighted by molar-refractivity contribution is -0.135. The fourth-order valence-corrected chi connectivity index (χ4v) is 1.63. The lowest BCUT2D eigenvalue weighted by Crippen LogP contribution is -1.90. The quantitative estimate of drug-likeness (QED) is 0.813. The summed E-state index contributed by atoms with van der Waals surface area (Å²) in [5, 5.41) is 8.52. The number of rotatable bonds is 2. The maximum absolute atomic E-state index is 10.4. The fraction of sp³-hybridized carbons (Fsp3) is 0.0625. The van der Waals surface area contributed by atoms with Crippen LogP contribution in [-0.2, 0) is 4.79 Å². The molecule has 0 heterocycles. The normalized spacial score (nSPS) is 9.33. The molecule has 0 bridgehead atoms. The van der Waals surface area contributed by atoms with Gasteiger partial charge in [0.05, 0.1) is 0 Å². The van der Waals surface area contributed by atoms with Crippen molar-refractivity contribution in [2.24, 2.45) is 0 Å². The SMILES string of the molecule is O=C(O)CC#Cc1cccc(-c2ccccc2)c1. The minimum atomic E-state index is -0.901. The molecule has 0 unspecified atom stereocenters. The molecule has 0 aliphatic heterocycles. The van der Waals surface area contributed by atoms with Crippen molar-refractivity contribution in [2.45, 2.75) is 6.42 Å². The van der Waals surface area contributed by atoms with Crippen LogP contribution in [0.1, 0.15) is 12.0 Å². The van der Waals surface area contributed by atoms with Crippen molar-refractivity contribution in [3.8, 4) is 23.0 Å². The molecule has 18 heavy (non-hydrogen) atoms. The van der Waals surface area contributed by atoms with E-state index < -0.39 is 5.97 Å². The van der Waals surface area contributed by atoms with Crippen LogP contribution in [0.4, 0.5) is 0 Å². The molecule has 0 amide bonds. The van der Waals surface area contributed by atoms with E-state index in [2.05, 4.69) is 11.8 Å². The first kappa shape index (κ1) is 11.9. The molecule has 1 N–H and O–H groups in total. The Bertz CT molecular complexity index is 604. The standard InChI is InChI=1S/C16H12O2/c17-16(18)11-5-7-13-6-4-10-15(12-13)14-8-2-1-3-9-14/h1-4,6,8-10,12H,11H2,(H,17,18). The van der Waals surface area contributed by atoms with Gasteiger partial charge in [0.15, 0.2) is 0 Å². The smallest absolute Gasteiger partial charge is 0.315 e. The van der Waals surface area contributed by atoms with Gasteiger partial charge in [0.1, 0.15) is 6.42 Å². The van der Waals surface area contributed by atoms with Crippen molar-refractivity contribution in [2.75, 3.05) is 0 Å². The topological polar surface area (TPSA) is 37.3 Å². The third kappa shape index (κ3) is 3.23. The van der Waals surface area contributed by atoms with Crippen LogP contribution in [0, 0.1) is 11.8 Å². The van der Waals surface area contributed by atoms with E-state index in [0.29, 0.717) is 0 Å². The predicted molar refractivity (Wildman–Crippen MR) is 71.0 cm³/mol. The van der Waals surface area contributed by atoms with E-state index in [1.807, 2.05) is 54.6 Å². The zero-order valence-electron chi connectivity index (χ0n) is 9.76. The minimum Gasteiger partial charge on any atom is -0.481 e. The number of benzene rings is 2. The first-order chi connectivity index (χ1) is 8.75. The molecular formula is C16H12O2. The van der Waals surface area contributed by atoms with E-state index in [-0.39, 0.29) is 6.42 Å². The third-order valence-electron chi connectivity index (χ3n) is 2.44. The number of hydrogen-bond donors (Lipinski definition) is 1. The Morgan fingerprint density at radius 1 is 1.00 bits per heavy atom. The van der Waals surface area contributed by atoms with Crippen molar-refractivity contribution in [3.63, 3.8) is 0 Å². The van der Waals surface area contributed by atoms with Crippen LogP contribution in [0.2, 0.25) is 0 Å². The Kier molecular flexibility index (Phi) is 3.78. The summed E-state index contributed by atoms with van der Waals surface area (Å²) in [6.07, 6.45) is -0.129. The molecule has 0 atom stereocenters. The van der Waals surface area contributed by atoms with Crippen LogP contribution in [-0.4, -0.2) is 11.1 Å². The summed E-state index contributed by atoms with van der Waals surface area (Å²) in [7, 11) is 0. The summed E-state index contributed by atoms with van der Waals surface area (Å²) >= 11 is 0. The van der Waals surface area contributed by atoms with Gasteiger partial charge in [-0.25, -0.2) is 0 Å². The maximum Gasteiger partial charge on any atom is 0.315 e. The van der Waals surface area contributed by atoms with Gasteiger partial charge in [-0.2, -0.15) is 0 Å². The summed E-state index contributed by atoms with van der Waals surface area (Å²) in [5.74, 6) is 4.58. The monoisotopic (exact) mass is 236 g/mol. The molecule has 2 rings (SSSR count). The molecule has 0 spiro atoms. The van der Waals surface area contributed by atoms with Crippen LogP contribution in [0.25, 0.3) is 11.1 Å². The lowest BCUT2D eigenvalue weighted by Gasteiger charge is -2.01. The molecule has 2 heteroatoms. The molecule has 0 saturated carbocycles. The second-order valence-electron chi connectivity index (χ2n) is 3.82. The predicted octanol–water partition coefficient (Wildman–Crippen LogP) is 3.18. The highest BCUT2D eigenvalue weighted by Crippen LogP contribution is 2.19. The molecule has 0 saturated heterocycles. The van der Waals surface area contributed by atoms with Gasteiger partial charge in [0.25, 0.3) is 0 Å². The minimum absolute atomic E-state index is 0.129. The van der Waals surface area contributed by atoms with Crippen molar-refractivity contribution in [1.29, 1.82) is 0 Å². The van der Waals surface area contributed by atoms with E-state index in [1.54, 1.807) is 0 Å². The van der Waals surface area contributed by atoms with E-state index in [4.69, 9.17) is 5.11 Å². The van der Waals surface area contributed by atoms with Crippen LogP contribution >= 0.6 is 0 Å². The first-order valence-corrected chi connectivity index (χ1v) is 5.62. The zero-order valence-corrected chi connectivity index (χ0v) is 9.76. The number of carboxylic acid groups (broad SMARTS) is 1. The van der Waals surface area contributed by atoms with Crippen LogP contribution in [0.5, 0.6) is 0 Å². The Balaban J connectivity index is 2.25. The van der Waals surface area contributed by atoms with E-state index >= 15 is 0 Å². The highest BCUT2D eigenvalue weighted by molar-refractivity contribution is 5.70. The van der Waals surface area contributed by atoms with Gasteiger partial charge in [-0.15, -0.1) is 0 Å². The highest BCUT2D eigenvalue weighted by Gasteiger charge is 1.96. The lowest BCUT2D eigenvalue weighted by atomic mass is 10.0. The van der Waals surface area contributed by atoms with E-state index in [0.717, 1.165) is 16.7 Å². The van der Waals surface area contributed by atoms with Gasteiger partial charge in [0, 0.05) is 5.56 Å². The molecule has 0 aliphatic rings. The van der Waals surface area contributed by atoms with Crippen molar-refractivity contribution in [3.05, 3.63) is 60.2 Å². The van der Waals surface area contributed by atoms with Crippen LogP contribution in [0.3, 0.4) is 0 Å². The Morgan fingerprint density at radius 2 is 1.72 bits per heavy atom. The summed E-state index contributed by atoms with van der Waals surface area (Å²) in [6, 6.07) is 17.8. The van der Waals surface area contributed by atoms with Gasteiger partial charge < -0.3 is 5.11 Å². The van der Waals surface area contributed by atoms with Crippen molar-refractivity contribution >= 4 is 5.97 Å². The second-order valence-corrected chi connectivity index (χ2v) is 3.82. The largest absolute Gasteiger partial charge is 0.481 e. The van der Waals surface area contributed by atoms with E-state index in [9.17, 15) is 4.79 Å². The number of hydrogen-bond acceptors (Lipinski definition) is 1. The molecule has 2 aromatic carbocycles. The third-order valence-corrected chi connectivity index (χ3v) is 2.44. The average Bonchev–Trinajstić information content (AvgIpc) is 2.40. The van der Waals surface area contributed by atoms with Crippen LogP contribution in [0.15, 0.2) is 54.6 Å². The number of carboxylic acids is 1. The van der Waals surface area contributed by atoms with Gasteiger partial charge in [-0.3, -0.25) is 4.79 Å². The average molecular weight is 236 g/mol. The summed E-state index contributed by atoms with van der Waals surface area (Å²) < 4.78 is 0. The molecule has 88 valence electrons. The number of aliphatic carboxylic acids is 1. The van der Waals surface area contributed by atoms with E-state index in [1.165, 1.54) is 0 Å². The maximum atomic E-state index is 10.4. The van der Waals surface area contributed by atoms with Gasteiger partial charge in [-0.1, -0.05) is 54.3 Å². The second kappa shape index (κ2) is 5.70. The summed E-state index contributed by atoms with van der Waals surface area (Å²) in [4.78, 5) is 10.4. The Morgan fingerprint density at radius 3 is 2.44 bits per heavy atom. The summed E-state index contributed by atoms with van der Waals surface area (Å²) in [5.41, 5.74) is 3.04. The zero-order chi connectivity index (χ0) is 12.8. The molecular weight excluding hydrogens is 224 g/mol. The first-order valence-electron chi connectivity index (χ1n) is 5.62. The van der Waals surface area contributed by atoms with Gasteiger partial charge in [-0.05, 0) is 23.3 Å². The molecule has 0 radical (unpaired) electrons. The summed E-state index contributed by atoms with van der Waals surface area (Å²) in [6.45, 7) is 0. The Hall–Kier alpha value is -2.53. The van der Waals surface area contributed by atoms with Crippen molar-refractivity contribution in [1.82, 2.24) is 0 Å². The Labute approximate surface area is 106 Å². The molecule has 0 aliphatic carbocycles. The van der Waals surface area contributed by atoms with Crippen molar-refractivity contribution < 1.29 is 9.90 Å². The molecule has 0 aromatic heterocycles. The molecule has 2 aromatic rings. The highest BCUT2D eigenvalue weighted by atomic mass is 16.4. The van der Waals surface area contributed by atoms with Gasteiger partial charge in [0.2, 0.25) is 0 Å². The number of carbonyl (C=O) groups is 1. The fourth-order valence-electron chi connectivity index (χ4n) is 1.63. The molecule has 0 fully saturated rings. The van der Waals surface area contributed by atoms with Crippen LogP contribution < -0.4 is 0 Å². The molecule has 2 nitrogen and oxygen atoms in total. The van der Waals surface area contributed by atoms with Gasteiger partial charge >= 0.3 is 5.97 Å².